The molecular formula is C31H68N2O4S+2. The van der Waals surface area contributed by atoms with E-state index in [1.54, 1.807) is 0 Å². The van der Waals surface area contributed by atoms with E-state index >= 15 is 0 Å². The van der Waals surface area contributed by atoms with Crippen molar-refractivity contribution >= 4 is 10.4 Å². The third-order valence-corrected chi connectivity index (χ3v) is 9.09. The van der Waals surface area contributed by atoms with E-state index < -0.39 is 10.4 Å². The molecule has 6 nitrogen and oxygen atoms in total. The lowest BCUT2D eigenvalue weighted by molar-refractivity contribution is -1.02. The first-order valence-corrected chi connectivity index (χ1v) is 17.7. The van der Waals surface area contributed by atoms with Gasteiger partial charge in [-0.1, -0.05) is 117 Å². The van der Waals surface area contributed by atoms with Crippen molar-refractivity contribution in [1.82, 2.24) is 0 Å². The predicted octanol–water partition coefficient (Wildman–Crippen LogP) is 8.17. The van der Waals surface area contributed by atoms with E-state index in [2.05, 4.69) is 32.1 Å². The molecule has 0 aromatic rings. The van der Waals surface area contributed by atoms with Crippen molar-refractivity contribution in [3.63, 3.8) is 0 Å². The first-order chi connectivity index (χ1) is 18.1. The largest absolute Gasteiger partial charge is 0.397 e. The Morgan fingerprint density at radius 2 is 0.737 bits per heavy atom. The highest BCUT2D eigenvalue weighted by Crippen LogP contribution is 2.20. The molecular weight excluding hydrogens is 496 g/mol. The van der Waals surface area contributed by atoms with E-state index in [0.717, 1.165) is 7.11 Å². The lowest BCUT2D eigenvalue weighted by Gasteiger charge is -2.46. The van der Waals surface area contributed by atoms with E-state index in [-0.39, 0.29) is 0 Å². The second kappa shape index (κ2) is 23.5. The monoisotopic (exact) mass is 564 g/mol. The fourth-order valence-corrected chi connectivity index (χ4v) is 5.60. The molecule has 0 spiro atoms. The molecule has 38 heavy (non-hydrogen) atoms. The van der Waals surface area contributed by atoms with Gasteiger partial charge in [-0.25, -0.2) is 0 Å². The first kappa shape index (κ1) is 37.8. The normalized spacial score (nSPS) is 21.7. The summed E-state index contributed by atoms with van der Waals surface area (Å²) in [6.07, 6.45) is 29.1. The molecule has 1 N–H and O–H groups in total. The Morgan fingerprint density at radius 1 is 0.526 bits per heavy atom. The summed E-state index contributed by atoms with van der Waals surface area (Å²) in [6, 6.07) is 0. The van der Waals surface area contributed by atoms with Gasteiger partial charge >= 0.3 is 10.4 Å². The minimum absolute atomic E-state index is 0.870. The van der Waals surface area contributed by atoms with Gasteiger partial charge in [0, 0.05) is 0 Å². The summed E-state index contributed by atoms with van der Waals surface area (Å²) in [5.41, 5.74) is 0. The van der Waals surface area contributed by atoms with Crippen molar-refractivity contribution in [2.75, 3.05) is 60.5 Å². The maximum absolute atomic E-state index is 9.33. The molecule has 1 saturated heterocycles. The van der Waals surface area contributed by atoms with Crippen LogP contribution in [0, 0.1) is 0 Å². The highest BCUT2D eigenvalue weighted by atomic mass is 32.3. The topological polar surface area (TPSA) is 63.6 Å². The Balaban J connectivity index is 0.00000203. The molecule has 7 heteroatoms. The number of unbranched alkanes of at least 4 members (excludes halogenated alkanes) is 18. The SMILES string of the molecule is CCCCCCCCCCCC[N+]1(C)CC[N+](C)(CCCCCCCCCCCC)CC1.COS(=O)(=O)O. The fourth-order valence-electron chi connectivity index (χ4n) is 5.60. The third-order valence-electron chi connectivity index (χ3n) is 8.67. The highest BCUT2D eigenvalue weighted by Gasteiger charge is 2.36. The zero-order valence-electron chi connectivity index (χ0n) is 26.4. The summed E-state index contributed by atoms with van der Waals surface area (Å²) in [4.78, 5) is 0. The maximum Gasteiger partial charge on any atom is 0.397 e. The molecule has 0 atom stereocenters. The van der Waals surface area contributed by atoms with Gasteiger partial charge in [0.2, 0.25) is 0 Å². The zero-order chi connectivity index (χ0) is 28.6. The van der Waals surface area contributed by atoms with Gasteiger partial charge in [-0.2, -0.15) is 8.42 Å². The molecule has 230 valence electrons. The third kappa shape index (κ3) is 23.7. The summed E-state index contributed by atoms with van der Waals surface area (Å²) in [5, 5.41) is 0. The lowest BCUT2D eigenvalue weighted by atomic mass is 10.1. The zero-order valence-corrected chi connectivity index (χ0v) is 27.2. The van der Waals surface area contributed by atoms with Crippen LogP contribution in [0.15, 0.2) is 0 Å². The number of hydrogen-bond donors (Lipinski definition) is 1. The average Bonchev–Trinajstić information content (AvgIpc) is 2.88. The number of hydrogen-bond acceptors (Lipinski definition) is 3. The van der Waals surface area contributed by atoms with Crippen LogP contribution in [0.4, 0.5) is 0 Å². The summed E-state index contributed by atoms with van der Waals surface area (Å²) < 4.78 is 32.4. The molecule has 1 aliphatic rings. The van der Waals surface area contributed by atoms with Gasteiger partial charge in [-0.05, 0) is 25.7 Å². The molecule has 0 bridgehead atoms. The van der Waals surface area contributed by atoms with Gasteiger partial charge in [-0.3, -0.25) is 8.74 Å². The molecule has 0 aromatic heterocycles. The molecule has 1 rings (SSSR count). The van der Waals surface area contributed by atoms with Crippen molar-refractivity contribution in [1.29, 1.82) is 0 Å². The van der Waals surface area contributed by atoms with Gasteiger partial charge in [-0.15, -0.1) is 0 Å². The number of rotatable bonds is 23. The van der Waals surface area contributed by atoms with Crippen LogP contribution in [0.5, 0.6) is 0 Å². The predicted molar refractivity (Wildman–Crippen MR) is 164 cm³/mol. The summed E-state index contributed by atoms with van der Waals surface area (Å²) in [6.45, 7) is 13.1. The second-order valence-corrected chi connectivity index (χ2v) is 13.7. The minimum Gasteiger partial charge on any atom is -0.317 e. The van der Waals surface area contributed by atoms with Gasteiger partial charge in [0.1, 0.15) is 26.2 Å². The number of nitrogens with zero attached hydrogens (tertiary/aromatic N) is 2. The fraction of sp³-hybridized carbons (Fsp3) is 1.00. The van der Waals surface area contributed by atoms with E-state index in [4.69, 9.17) is 4.55 Å². The van der Waals surface area contributed by atoms with Crippen molar-refractivity contribution in [3.8, 4) is 0 Å². The number of piperazine rings is 1. The molecule has 0 aliphatic carbocycles. The van der Waals surface area contributed by atoms with Crippen LogP contribution >= 0.6 is 0 Å². The Hall–Kier alpha value is -0.210. The number of likely N-dealkylation sites (N-methyl/N-ethyl adjacent to an activating group) is 2. The van der Waals surface area contributed by atoms with Gasteiger partial charge in [0.25, 0.3) is 0 Å². The van der Waals surface area contributed by atoms with Gasteiger partial charge < -0.3 is 8.97 Å². The van der Waals surface area contributed by atoms with Crippen LogP contribution in [0.1, 0.15) is 142 Å². The molecule has 1 aliphatic heterocycles. The van der Waals surface area contributed by atoms with E-state index in [9.17, 15) is 8.42 Å². The quantitative estimate of drug-likeness (QED) is 0.0772. The Labute approximate surface area is 239 Å². The van der Waals surface area contributed by atoms with Crippen molar-refractivity contribution < 1.29 is 26.1 Å². The van der Waals surface area contributed by atoms with E-state index in [0.29, 0.717) is 0 Å². The highest BCUT2D eigenvalue weighted by molar-refractivity contribution is 7.80. The molecule has 0 radical (unpaired) electrons. The van der Waals surface area contributed by atoms with Crippen LogP contribution in [0.3, 0.4) is 0 Å². The van der Waals surface area contributed by atoms with Gasteiger partial charge in [0.15, 0.2) is 0 Å². The minimum atomic E-state index is -4.16. The second-order valence-electron chi connectivity index (χ2n) is 12.5. The molecule has 1 fully saturated rings. The lowest BCUT2D eigenvalue weighted by Crippen LogP contribution is -2.64. The van der Waals surface area contributed by atoms with Crippen LogP contribution in [0.2, 0.25) is 0 Å². The summed E-state index contributed by atoms with van der Waals surface area (Å²) in [7, 11) is 1.79. The van der Waals surface area contributed by atoms with Crippen LogP contribution < -0.4 is 0 Å². The van der Waals surface area contributed by atoms with E-state index in [1.165, 1.54) is 177 Å². The maximum atomic E-state index is 9.33. The van der Waals surface area contributed by atoms with E-state index in [1.807, 2.05) is 0 Å². The van der Waals surface area contributed by atoms with Crippen LogP contribution in [-0.2, 0) is 14.6 Å². The van der Waals surface area contributed by atoms with Crippen molar-refractivity contribution in [2.24, 2.45) is 0 Å². The Bertz CT molecular complexity index is 581. The van der Waals surface area contributed by atoms with Crippen LogP contribution in [0.25, 0.3) is 0 Å². The van der Waals surface area contributed by atoms with Gasteiger partial charge in [0.05, 0.1) is 34.3 Å². The standard InChI is InChI=1S/C30H64N2.CH4O4S/c1-5-7-9-11-13-15-17-19-21-23-25-31(3)27-29-32(4,30-28-31)26-24-22-20-18-16-14-12-10-8-6-2;1-5-6(2,3)4/h5-30H2,1-4H3;1H3,(H,2,3,4)/q+2;. The van der Waals surface area contributed by atoms with Crippen LogP contribution in [-0.4, -0.2) is 82.4 Å². The van der Waals surface area contributed by atoms with Crippen molar-refractivity contribution in [3.05, 3.63) is 0 Å². The summed E-state index contributed by atoms with van der Waals surface area (Å²) in [5.74, 6) is 0. The average molecular weight is 565 g/mol. The Kier molecular flexibility index (Phi) is 23.4. The summed E-state index contributed by atoms with van der Waals surface area (Å²) >= 11 is 0. The first-order valence-electron chi connectivity index (χ1n) is 16.3. The molecule has 0 unspecified atom stereocenters. The molecule has 0 saturated carbocycles. The Morgan fingerprint density at radius 3 is 0.947 bits per heavy atom. The number of quaternary nitrogens is 2. The smallest absolute Gasteiger partial charge is 0.317 e. The van der Waals surface area contributed by atoms with Crippen molar-refractivity contribution in [2.45, 2.75) is 142 Å². The molecule has 0 amide bonds. The molecule has 0 aromatic carbocycles. The molecule has 1 heterocycles.